The van der Waals surface area contributed by atoms with E-state index in [-0.39, 0.29) is 5.92 Å². The minimum atomic E-state index is 0.261. The number of hydrogen-bond acceptors (Lipinski definition) is 5. The number of anilines is 2. The predicted molar refractivity (Wildman–Crippen MR) is 76.9 cm³/mol. The highest BCUT2D eigenvalue weighted by Gasteiger charge is 2.10. The first-order valence-corrected chi connectivity index (χ1v) is 6.30. The Hall–Kier alpha value is -2.17. The van der Waals surface area contributed by atoms with E-state index in [9.17, 15) is 0 Å². The van der Waals surface area contributed by atoms with Crippen LogP contribution >= 0.6 is 0 Å². The molecule has 0 atom stereocenters. The van der Waals surface area contributed by atoms with Crippen LogP contribution < -0.4 is 10.6 Å². The largest absolute Gasteiger partial charge is 0.384 e. The summed E-state index contributed by atoms with van der Waals surface area (Å²) in [5.74, 6) is 2.39. The van der Waals surface area contributed by atoms with Gasteiger partial charge in [-0.15, -0.1) is 0 Å². The molecular weight excluding hydrogens is 238 g/mol. The SMILES string of the molecule is CC(C)c1nc(N)cc(N(C)Cc2ccncc2)n1. The quantitative estimate of drug-likeness (QED) is 0.909. The van der Waals surface area contributed by atoms with Crippen molar-refractivity contribution in [1.29, 1.82) is 0 Å². The Bertz CT molecular complexity index is 539. The molecule has 0 fully saturated rings. The molecule has 2 aromatic heterocycles. The maximum absolute atomic E-state index is 5.84. The fourth-order valence-corrected chi connectivity index (χ4v) is 1.77. The van der Waals surface area contributed by atoms with E-state index >= 15 is 0 Å². The molecule has 0 aromatic carbocycles. The van der Waals surface area contributed by atoms with Crippen molar-refractivity contribution in [3.63, 3.8) is 0 Å². The second-order valence-electron chi connectivity index (χ2n) is 4.88. The van der Waals surface area contributed by atoms with Crippen molar-refractivity contribution in [1.82, 2.24) is 15.0 Å². The van der Waals surface area contributed by atoms with Crippen molar-refractivity contribution in [2.75, 3.05) is 17.7 Å². The number of nitrogens with zero attached hydrogens (tertiary/aromatic N) is 4. The molecule has 5 nitrogen and oxygen atoms in total. The molecule has 2 N–H and O–H groups in total. The van der Waals surface area contributed by atoms with Crippen LogP contribution in [0.2, 0.25) is 0 Å². The van der Waals surface area contributed by atoms with Crippen molar-refractivity contribution >= 4 is 11.6 Å². The van der Waals surface area contributed by atoms with E-state index in [2.05, 4.69) is 33.7 Å². The Morgan fingerprint density at radius 1 is 1.21 bits per heavy atom. The molecule has 0 aliphatic heterocycles. The van der Waals surface area contributed by atoms with Crippen LogP contribution in [0, 0.1) is 0 Å². The maximum atomic E-state index is 5.84. The van der Waals surface area contributed by atoms with Crippen LogP contribution in [0.25, 0.3) is 0 Å². The highest BCUT2D eigenvalue weighted by Crippen LogP contribution is 2.18. The molecule has 0 unspecified atom stereocenters. The number of rotatable bonds is 4. The van der Waals surface area contributed by atoms with Gasteiger partial charge in [-0.05, 0) is 17.7 Å². The zero-order chi connectivity index (χ0) is 13.8. The van der Waals surface area contributed by atoms with Gasteiger partial charge in [-0.3, -0.25) is 4.98 Å². The van der Waals surface area contributed by atoms with Gasteiger partial charge < -0.3 is 10.6 Å². The van der Waals surface area contributed by atoms with Crippen LogP contribution in [0.4, 0.5) is 11.6 Å². The topological polar surface area (TPSA) is 67.9 Å². The van der Waals surface area contributed by atoms with Crippen LogP contribution in [0.15, 0.2) is 30.6 Å². The number of nitrogen functional groups attached to an aromatic ring is 1. The van der Waals surface area contributed by atoms with Gasteiger partial charge in [-0.1, -0.05) is 13.8 Å². The third-order valence-electron chi connectivity index (χ3n) is 2.83. The van der Waals surface area contributed by atoms with Crippen molar-refractivity contribution in [2.45, 2.75) is 26.3 Å². The summed E-state index contributed by atoms with van der Waals surface area (Å²) in [6.07, 6.45) is 3.58. The molecule has 0 saturated carbocycles. The second-order valence-corrected chi connectivity index (χ2v) is 4.88. The average Bonchev–Trinajstić information content (AvgIpc) is 2.39. The van der Waals surface area contributed by atoms with Gasteiger partial charge in [0, 0.05) is 38.0 Å². The number of hydrogen-bond donors (Lipinski definition) is 1. The van der Waals surface area contributed by atoms with E-state index in [1.165, 1.54) is 5.56 Å². The first-order chi connectivity index (χ1) is 9.06. The molecule has 0 amide bonds. The first kappa shape index (κ1) is 13.3. The zero-order valence-corrected chi connectivity index (χ0v) is 11.5. The molecule has 0 bridgehead atoms. The lowest BCUT2D eigenvalue weighted by atomic mass is 10.2. The fourth-order valence-electron chi connectivity index (χ4n) is 1.77. The molecule has 0 aliphatic carbocycles. The van der Waals surface area contributed by atoms with Gasteiger partial charge in [0.2, 0.25) is 0 Å². The van der Waals surface area contributed by atoms with E-state index < -0.39 is 0 Å². The standard InChI is InChI=1S/C14H19N5/c1-10(2)14-17-12(15)8-13(18-14)19(3)9-11-4-6-16-7-5-11/h4-8,10H,9H2,1-3H3,(H2,15,17,18). The maximum Gasteiger partial charge on any atom is 0.135 e. The molecule has 0 aliphatic rings. The summed E-state index contributed by atoms with van der Waals surface area (Å²) < 4.78 is 0. The van der Waals surface area contributed by atoms with Gasteiger partial charge in [0.15, 0.2) is 0 Å². The number of aromatic nitrogens is 3. The molecule has 100 valence electrons. The van der Waals surface area contributed by atoms with Crippen molar-refractivity contribution in [2.24, 2.45) is 0 Å². The monoisotopic (exact) mass is 257 g/mol. The average molecular weight is 257 g/mol. The van der Waals surface area contributed by atoms with Gasteiger partial charge in [-0.2, -0.15) is 0 Å². The summed E-state index contributed by atoms with van der Waals surface area (Å²) >= 11 is 0. The minimum Gasteiger partial charge on any atom is -0.384 e. The van der Waals surface area contributed by atoms with Crippen LogP contribution in [-0.2, 0) is 6.54 Å². The van der Waals surface area contributed by atoms with E-state index in [0.29, 0.717) is 5.82 Å². The van der Waals surface area contributed by atoms with Gasteiger partial charge >= 0.3 is 0 Å². The van der Waals surface area contributed by atoms with Crippen LogP contribution in [0.3, 0.4) is 0 Å². The summed E-state index contributed by atoms with van der Waals surface area (Å²) in [6, 6.07) is 5.78. The summed E-state index contributed by atoms with van der Waals surface area (Å²) in [4.78, 5) is 14.9. The Balaban J connectivity index is 2.21. The molecular formula is C14H19N5. The van der Waals surface area contributed by atoms with Gasteiger partial charge in [0.1, 0.15) is 17.5 Å². The third kappa shape index (κ3) is 3.40. The van der Waals surface area contributed by atoms with E-state index in [1.807, 2.05) is 19.2 Å². The van der Waals surface area contributed by atoms with Crippen LogP contribution in [0.1, 0.15) is 31.2 Å². The molecule has 2 aromatic rings. The van der Waals surface area contributed by atoms with Crippen LogP contribution in [-0.4, -0.2) is 22.0 Å². The summed E-state index contributed by atoms with van der Waals surface area (Å²) in [5.41, 5.74) is 7.02. The summed E-state index contributed by atoms with van der Waals surface area (Å²) in [6.45, 7) is 4.87. The van der Waals surface area contributed by atoms with E-state index in [4.69, 9.17) is 5.73 Å². The smallest absolute Gasteiger partial charge is 0.135 e. The Labute approximate surface area is 113 Å². The molecule has 0 saturated heterocycles. The molecule has 0 radical (unpaired) electrons. The highest BCUT2D eigenvalue weighted by atomic mass is 15.2. The fraction of sp³-hybridized carbons (Fsp3) is 0.357. The Kier molecular flexibility index (Phi) is 3.94. The molecule has 19 heavy (non-hydrogen) atoms. The van der Waals surface area contributed by atoms with Crippen molar-refractivity contribution in [3.8, 4) is 0 Å². The number of nitrogens with two attached hydrogens (primary N) is 1. The van der Waals surface area contributed by atoms with Crippen molar-refractivity contribution in [3.05, 3.63) is 42.0 Å². The molecule has 2 heterocycles. The third-order valence-corrected chi connectivity index (χ3v) is 2.83. The van der Waals surface area contributed by atoms with Crippen molar-refractivity contribution < 1.29 is 0 Å². The summed E-state index contributed by atoms with van der Waals surface area (Å²) in [7, 11) is 1.99. The number of pyridine rings is 1. The van der Waals surface area contributed by atoms with E-state index in [1.54, 1.807) is 18.5 Å². The second kappa shape index (κ2) is 5.65. The van der Waals surface area contributed by atoms with Gasteiger partial charge in [0.25, 0.3) is 0 Å². The predicted octanol–water partition coefficient (Wildman–Crippen LogP) is 2.21. The molecule has 0 spiro atoms. The minimum absolute atomic E-state index is 0.261. The van der Waals surface area contributed by atoms with Gasteiger partial charge in [0.05, 0.1) is 0 Å². The lowest BCUT2D eigenvalue weighted by Crippen LogP contribution is -2.19. The Morgan fingerprint density at radius 3 is 2.53 bits per heavy atom. The highest BCUT2D eigenvalue weighted by molar-refractivity contribution is 5.47. The lowest BCUT2D eigenvalue weighted by molar-refractivity contribution is 0.765. The van der Waals surface area contributed by atoms with Crippen LogP contribution in [0.5, 0.6) is 0 Å². The Morgan fingerprint density at radius 2 is 1.89 bits per heavy atom. The lowest BCUT2D eigenvalue weighted by Gasteiger charge is -2.19. The molecule has 5 heteroatoms. The summed E-state index contributed by atoms with van der Waals surface area (Å²) in [5, 5.41) is 0. The first-order valence-electron chi connectivity index (χ1n) is 6.30. The molecule has 2 rings (SSSR count). The zero-order valence-electron chi connectivity index (χ0n) is 11.5. The van der Waals surface area contributed by atoms with E-state index in [0.717, 1.165) is 18.2 Å². The normalized spacial score (nSPS) is 10.7. The van der Waals surface area contributed by atoms with Gasteiger partial charge in [-0.25, -0.2) is 9.97 Å².